The van der Waals surface area contributed by atoms with E-state index in [-0.39, 0.29) is 17.9 Å². The van der Waals surface area contributed by atoms with Crippen molar-refractivity contribution in [3.8, 4) is 0 Å². The Balaban J connectivity index is 1.73. The number of esters is 1. The summed E-state index contributed by atoms with van der Waals surface area (Å²) in [7, 11) is 0. The number of nitrogens with one attached hydrogen (secondary N) is 1. The summed E-state index contributed by atoms with van der Waals surface area (Å²) in [5.74, 6) is -1.31. The Morgan fingerprint density at radius 3 is 2.69 bits per heavy atom. The summed E-state index contributed by atoms with van der Waals surface area (Å²) in [6.45, 7) is 7.35. The third-order valence-corrected chi connectivity index (χ3v) is 6.74. The first-order chi connectivity index (χ1) is 16.9. The zero-order valence-corrected chi connectivity index (χ0v) is 20.3. The van der Waals surface area contributed by atoms with Crippen LogP contribution in [0.2, 0.25) is 0 Å². The van der Waals surface area contributed by atoms with Gasteiger partial charge in [-0.15, -0.1) is 0 Å². The Bertz CT molecular complexity index is 1200. The van der Waals surface area contributed by atoms with E-state index in [0.717, 1.165) is 26.1 Å². The molecule has 2 aliphatic rings. The molecule has 1 N–H and O–H groups in total. The molecule has 0 aliphatic carbocycles. The highest BCUT2D eigenvalue weighted by Crippen LogP contribution is 2.41. The van der Waals surface area contributed by atoms with Crippen molar-refractivity contribution >= 4 is 17.3 Å². The van der Waals surface area contributed by atoms with E-state index in [9.17, 15) is 19.7 Å². The maximum Gasteiger partial charge on any atom is 0.336 e. The molecule has 186 valence electrons. The molecule has 1 saturated heterocycles. The molecular weight excluding hydrogens is 448 g/mol. The molecule has 1 atom stereocenters. The minimum Gasteiger partial charge on any atom is -0.463 e. The smallest absolute Gasteiger partial charge is 0.336 e. The fourth-order valence-corrected chi connectivity index (χ4v) is 5.06. The molecule has 0 spiro atoms. The molecule has 0 saturated carbocycles. The van der Waals surface area contributed by atoms with Crippen molar-refractivity contribution < 1.29 is 14.5 Å². The molecule has 0 bridgehead atoms. The predicted molar refractivity (Wildman–Crippen MR) is 134 cm³/mol. The van der Waals surface area contributed by atoms with Gasteiger partial charge < -0.3 is 19.5 Å². The summed E-state index contributed by atoms with van der Waals surface area (Å²) >= 11 is 0. The maximum absolute atomic E-state index is 13.7. The molecule has 1 unspecified atom stereocenters. The van der Waals surface area contributed by atoms with Crippen LogP contribution in [0.15, 0.2) is 52.6 Å². The molecule has 0 radical (unpaired) electrons. The molecule has 1 fully saturated rings. The van der Waals surface area contributed by atoms with Crippen molar-refractivity contribution in [1.82, 2.24) is 9.47 Å². The number of benzene rings is 1. The average molecular weight is 481 g/mol. The molecule has 2 aliphatic heterocycles. The Morgan fingerprint density at radius 2 is 1.97 bits per heavy atom. The van der Waals surface area contributed by atoms with Gasteiger partial charge in [-0.3, -0.25) is 14.9 Å². The number of allylic oxidation sites excluding steroid dienone is 1. The Kier molecular flexibility index (Phi) is 7.65. The van der Waals surface area contributed by atoms with Crippen molar-refractivity contribution in [2.75, 3.05) is 31.6 Å². The van der Waals surface area contributed by atoms with E-state index in [1.54, 1.807) is 36.7 Å². The number of nitro benzene ring substituents is 1. The largest absolute Gasteiger partial charge is 0.463 e. The van der Waals surface area contributed by atoms with Gasteiger partial charge in [-0.1, -0.05) is 18.6 Å². The molecule has 3 heterocycles. The van der Waals surface area contributed by atoms with Crippen molar-refractivity contribution in [1.29, 1.82) is 0 Å². The number of aromatic nitrogens is 1. The van der Waals surface area contributed by atoms with Crippen LogP contribution in [0.3, 0.4) is 0 Å². The molecular formula is C26H32N4O5. The summed E-state index contributed by atoms with van der Waals surface area (Å²) in [4.78, 5) is 40.1. The first-order valence-electron chi connectivity index (χ1n) is 12.3. The van der Waals surface area contributed by atoms with Gasteiger partial charge in [-0.25, -0.2) is 4.79 Å². The first kappa shape index (κ1) is 24.7. The number of ether oxygens (including phenoxy) is 1. The van der Waals surface area contributed by atoms with Crippen LogP contribution < -0.4 is 10.9 Å². The monoisotopic (exact) mass is 480 g/mol. The van der Waals surface area contributed by atoms with Crippen LogP contribution in [-0.4, -0.2) is 46.6 Å². The Morgan fingerprint density at radius 1 is 1.20 bits per heavy atom. The van der Waals surface area contributed by atoms with Crippen molar-refractivity contribution in [2.45, 2.75) is 52.0 Å². The fourth-order valence-electron chi connectivity index (χ4n) is 5.06. The summed E-state index contributed by atoms with van der Waals surface area (Å²) in [5.41, 5.74) is 2.06. The maximum atomic E-state index is 13.7. The number of hydrogen-bond donors (Lipinski definition) is 1. The first-order valence-corrected chi connectivity index (χ1v) is 12.3. The summed E-state index contributed by atoms with van der Waals surface area (Å²) in [5, 5.41) is 14.6. The molecule has 1 aromatic heterocycles. The van der Waals surface area contributed by atoms with Gasteiger partial charge in [0.25, 0.3) is 11.2 Å². The number of likely N-dealkylation sites (tertiary alicyclic amines) is 1. The third kappa shape index (κ3) is 5.30. The highest BCUT2D eigenvalue weighted by molar-refractivity contribution is 5.94. The molecule has 0 amide bonds. The summed E-state index contributed by atoms with van der Waals surface area (Å²) in [6, 6.07) is 7.96. The molecule has 2 aromatic rings. The van der Waals surface area contributed by atoms with Gasteiger partial charge in [-0.2, -0.15) is 0 Å². The second-order valence-corrected chi connectivity index (χ2v) is 9.07. The molecule has 1 aromatic carbocycles. The number of nitrogens with zero attached hydrogens (tertiary/aromatic N) is 3. The topological polar surface area (TPSA) is 107 Å². The van der Waals surface area contributed by atoms with Crippen LogP contribution >= 0.6 is 0 Å². The van der Waals surface area contributed by atoms with Crippen molar-refractivity contribution in [2.24, 2.45) is 0 Å². The number of hydrogen-bond acceptors (Lipinski definition) is 7. The minimum absolute atomic E-state index is 0.0961. The number of anilines is 1. The number of pyridine rings is 1. The van der Waals surface area contributed by atoms with Gasteiger partial charge in [0.15, 0.2) is 0 Å². The number of nitro groups is 1. The third-order valence-electron chi connectivity index (χ3n) is 6.74. The normalized spacial score (nSPS) is 18.1. The minimum atomic E-state index is -0.771. The molecule has 9 nitrogen and oxygen atoms in total. The van der Waals surface area contributed by atoms with Gasteiger partial charge in [0.2, 0.25) is 0 Å². The van der Waals surface area contributed by atoms with E-state index in [0.29, 0.717) is 34.6 Å². The molecule has 4 rings (SSSR count). The second-order valence-electron chi connectivity index (χ2n) is 9.07. The lowest BCUT2D eigenvalue weighted by atomic mass is 9.81. The quantitative estimate of drug-likeness (QED) is 0.345. The number of rotatable bonds is 8. The van der Waals surface area contributed by atoms with E-state index >= 15 is 0 Å². The highest BCUT2D eigenvalue weighted by Gasteiger charge is 2.36. The Hall–Kier alpha value is -3.46. The predicted octanol–water partition coefficient (Wildman–Crippen LogP) is 4.03. The van der Waals surface area contributed by atoms with Crippen LogP contribution in [0.25, 0.3) is 0 Å². The number of fused-ring (bicyclic) bond motifs is 1. The number of carbonyl (C=O) groups excluding carboxylic acids is 1. The zero-order valence-electron chi connectivity index (χ0n) is 20.3. The van der Waals surface area contributed by atoms with Gasteiger partial charge >= 0.3 is 5.97 Å². The van der Waals surface area contributed by atoms with E-state index in [1.807, 2.05) is 6.07 Å². The lowest BCUT2D eigenvalue weighted by Crippen LogP contribution is -2.34. The fraction of sp³-hybridized carbons (Fsp3) is 0.462. The summed E-state index contributed by atoms with van der Waals surface area (Å²) in [6.07, 6.45) is 6.34. The van der Waals surface area contributed by atoms with Crippen LogP contribution in [0.4, 0.5) is 11.4 Å². The SMILES string of the molecule is CCOC(=O)C1=C(C)Nc2ccn(CCCN3CCCCC3)c(=O)c2C1c1cccc([N+](=O)[O-])c1. The standard InChI is InChI=1S/C26H32N4O5/c1-3-35-26(32)22-18(2)27-21-11-16-29(15-8-14-28-12-5-4-6-13-28)25(31)24(21)23(22)19-9-7-10-20(17-19)30(33)34/h7,9-11,16-17,23,27H,3-6,8,12-15H2,1-2H3. The number of piperidine rings is 1. The van der Waals surface area contributed by atoms with Gasteiger partial charge in [0.1, 0.15) is 0 Å². The van der Waals surface area contributed by atoms with Crippen LogP contribution in [-0.2, 0) is 16.1 Å². The zero-order chi connectivity index (χ0) is 24.9. The average Bonchev–Trinajstić information content (AvgIpc) is 2.85. The number of non-ortho nitro benzene ring substituents is 1. The van der Waals surface area contributed by atoms with Crippen molar-refractivity contribution in [3.05, 3.63) is 79.4 Å². The lowest BCUT2D eigenvalue weighted by Gasteiger charge is -2.30. The number of carbonyl (C=O) groups is 1. The van der Waals surface area contributed by atoms with E-state index < -0.39 is 16.8 Å². The van der Waals surface area contributed by atoms with Crippen molar-refractivity contribution in [3.63, 3.8) is 0 Å². The molecule has 9 heteroatoms. The lowest BCUT2D eigenvalue weighted by molar-refractivity contribution is -0.384. The van der Waals surface area contributed by atoms with E-state index in [1.165, 1.54) is 31.4 Å². The van der Waals surface area contributed by atoms with E-state index in [2.05, 4.69) is 10.2 Å². The van der Waals surface area contributed by atoms with Crippen LogP contribution in [0.5, 0.6) is 0 Å². The van der Waals surface area contributed by atoms with Crippen LogP contribution in [0.1, 0.15) is 56.6 Å². The van der Waals surface area contributed by atoms with Crippen LogP contribution in [0, 0.1) is 10.1 Å². The number of aryl methyl sites for hydroxylation is 1. The van der Waals surface area contributed by atoms with Gasteiger partial charge in [-0.05, 0) is 64.4 Å². The van der Waals surface area contributed by atoms with Gasteiger partial charge in [0.05, 0.1) is 28.6 Å². The summed E-state index contributed by atoms with van der Waals surface area (Å²) < 4.78 is 6.99. The van der Waals surface area contributed by atoms with E-state index in [4.69, 9.17) is 4.74 Å². The second kappa shape index (κ2) is 10.9. The highest BCUT2D eigenvalue weighted by atomic mass is 16.6. The Labute approximate surface area is 204 Å². The molecule has 35 heavy (non-hydrogen) atoms. The van der Waals surface area contributed by atoms with Gasteiger partial charge in [0, 0.05) is 36.3 Å².